The lowest BCUT2D eigenvalue weighted by molar-refractivity contribution is 0.0919. The minimum Gasteiger partial charge on any atom is -0.495 e. The third-order valence-corrected chi connectivity index (χ3v) is 4.38. The van der Waals surface area contributed by atoms with Crippen LogP contribution in [-0.4, -0.2) is 54.7 Å². The van der Waals surface area contributed by atoms with Gasteiger partial charge < -0.3 is 19.9 Å². The van der Waals surface area contributed by atoms with Crippen LogP contribution in [0, 0.1) is 0 Å². The quantitative estimate of drug-likeness (QED) is 0.892. The van der Waals surface area contributed by atoms with Crippen LogP contribution in [0.5, 0.6) is 5.75 Å². The number of benzene rings is 1. The van der Waals surface area contributed by atoms with Gasteiger partial charge in [-0.2, -0.15) is 0 Å². The fraction of sp³-hybridized carbons (Fsp3) is 0.450. The summed E-state index contributed by atoms with van der Waals surface area (Å²) in [4.78, 5) is 25.4. The average molecular weight is 369 g/mol. The number of nitrogens with zero attached hydrogens (tertiary/aromatic N) is 4. The molecule has 7 nitrogen and oxygen atoms in total. The lowest BCUT2D eigenvalue weighted by Gasteiger charge is -2.36. The van der Waals surface area contributed by atoms with Gasteiger partial charge in [0.25, 0.3) is 5.91 Å². The molecule has 1 aromatic carbocycles. The van der Waals surface area contributed by atoms with Crippen LogP contribution in [0.25, 0.3) is 0 Å². The predicted octanol–water partition coefficient (Wildman–Crippen LogP) is 2.34. The summed E-state index contributed by atoms with van der Waals surface area (Å²) in [5, 5.41) is 2.92. The third kappa shape index (κ3) is 4.67. The first-order valence-electron chi connectivity index (χ1n) is 9.15. The maximum Gasteiger partial charge on any atom is 0.254 e. The molecule has 1 fully saturated rings. The summed E-state index contributed by atoms with van der Waals surface area (Å²) < 4.78 is 5.46. The Morgan fingerprint density at radius 1 is 1.04 bits per heavy atom. The minimum absolute atomic E-state index is 0.157. The first-order chi connectivity index (χ1) is 12.9. The molecular formula is C20H27N5O2. The molecule has 7 heteroatoms. The molecule has 1 aliphatic rings. The molecule has 0 aliphatic carbocycles. The number of rotatable bonds is 4. The van der Waals surface area contributed by atoms with Crippen molar-refractivity contribution in [2.75, 3.05) is 43.1 Å². The normalized spacial score (nSPS) is 14.8. The molecule has 0 unspecified atom stereocenters. The van der Waals surface area contributed by atoms with Gasteiger partial charge in [0.1, 0.15) is 5.75 Å². The zero-order chi connectivity index (χ0) is 19.4. The highest BCUT2D eigenvalue weighted by molar-refractivity contribution is 5.94. The van der Waals surface area contributed by atoms with Gasteiger partial charge in [0.15, 0.2) is 0 Å². The topological polar surface area (TPSA) is 70.6 Å². The molecule has 2 aromatic rings. The van der Waals surface area contributed by atoms with E-state index in [1.165, 1.54) is 0 Å². The number of ether oxygens (including phenoxy) is 1. The summed E-state index contributed by atoms with van der Waals surface area (Å²) in [5.74, 6) is 1.38. The number of carbonyl (C=O) groups is 1. The maximum atomic E-state index is 12.2. The summed E-state index contributed by atoms with van der Waals surface area (Å²) in [6.45, 7) is 9.17. The Hall–Kier alpha value is -2.83. The van der Waals surface area contributed by atoms with Crippen molar-refractivity contribution in [3.63, 3.8) is 0 Å². The van der Waals surface area contributed by atoms with Gasteiger partial charge in [0.05, 0.1) is 18.4 Å². The SMILES string of the molecule is COc1ccccc1N1CCN(c2ncc(C(=O)NC(C)(C)C)cn2)CC1. The number of carbonyl (C=O) groups excluding carboxylic acids is 1. The van der Waals surface area contributed by atoms with Gasteiger partial charge >= 0.3 is 0 Å². The number of hydrogen-bond acceptors (Lipinski definition) is 6. The van der Waals surface area contributed by atoms with Gasteiger partial charge in [-0.25, -0.2) is 9.97 Å². The molecule has 1 amide bonds. The number of amides is 1. The molecule has 2 heterocycles. The number of piperazine rings is 1. The number of para-hydroxylation sites is 2. The second-order valence-electron chi connectivity index (χ2n) is 7.62. The predicted molar refractivity (Wildman–Crippen MR) is 107 cm³/mol. The van der Waals surface area contributed by atoms with Crippen molar-refractivity contribution >= 4 is 17.5 Å². The van der Waals surface area contributed by atoms with Gasteiger partial charge in [-0.15, -0.1) is 0 Å². The number of methoxy groups -OCH3 is 1. The Morgan fingerprint density at radius 3 is 2.22 bits per heavy atom. The molecular weight excluding hydrogens is 342 g/mol. The lowest BCUT2D eigenvalue weighted by Crippen LogP contribution is -2.47. The molecule has 144 valence electrons. The van der Waals surface area contributed by atoms with E-state index in [-0.39, 0.29) is 11.4 Å². The molecule has 0 atom stereocenters. The molecule has 3 rings (SSSR count). The number of nitrogens with one attached hydrogen (secondary N) is 1. The van der Waals surface area contributed by atoms with Gasteiger partial charge in [0.2, 0.25) is 5.95 Å². The van der Waals surface area contributed by atoms with Crippen molar-refractivity contribution in [2.24, 2.45) is 0 Å². The second kappa shape index (κ2) is 7.82. The van der Waals surface area contributed by atoms with Gasteiger partial charge in [0, 0.05) is 44.1 Å². The Morgan fingerprint density at radius 2 is 1.63 bits per heavy atom. The van der Waals surface area contributed by atoms with Crippen LogP contribution >= 0.6 is 0 Å². The molecule has 0 radical (unpaired) electrons. The van der Waals surface area contributed by atoms with Crippen LogP contribution in [-0.2, 0) is 0 Å². The van der Waals surface area contributed by atoms with E-state index >= 15 is 0 Å². The summed E-state index contributed by atoms with van der Waals surface area (Å²) in [6.07, 6.45) is 3.19. The summed E-state index contributed by atoms with van der Waals surface area (Å²) >= 11 is 0. The Labute approximate surface area is 160 Å². The fourth-order valence-corrected chi connectivity index (χ4v) is 3.05. The largest absolute Gasteiger partial charge is 0.495 e. The number of hydrogen-bond donors (Lipinski definition) is 1. The van der Waals surface area contributed by atoms with Crippen LogP contribution in [0.3, 0.4) is 0 Å². The Bertz CT molecular complexity index is 778. The van der Waals surface area contributed by atoms with Crippen molar-refractivity contribution in [3.05, 3.63) is 42.2 Å². The maximum absolute atomic E-state index is 12.2. The van der Waals surface area contributed by atoms with E-state index in [1.807, 2.05) is 39.0 Å². The smallest absolute Gasteiger partial charge is 0.254 e. The van der Waals surface area contributed by atoms with Crippen LogP contribution < -0.4 is 19.9 Å². The van der Waals surface area contributed by atoms with E-state index in [2.05, 4.69) is 31.2 Å². The molecule has 27 heavy (non-hydrogen) atoms. The number of aromatic nitrogens is 2. The van der Waals surface area contributed by atoms with Crippen LogP contribution in [0.15, 0.2) is 36.7 Å². The van der Waals surface area contributed by atoms with Crippen LogP contribution in [0.2, 0.25) is 0 Å². The Balaban J connectivity index is 1.62. The number of anilines is 2. The third-order valence-electron chi connectivity index (χ3n) is 4.38. The molecule has 1 aromatic heterocycles. The Kier molecular flexibility index (Phi) is 5.48. The zero-order valence-corrected chi connectivity index (χ0v) is 16.4. The highest BCUT2D eigenvalue weighted by Crippen LogP contribution is 2.28. The lowest BCUT2D eigenvalue weighted by atomic mass is 10.1. The first kappa shape index (κ1) is 18.9. The van der Waals surface area contributed by atoms with Crippen LogP contribution in [0.4, 0.5) is 11.6 Å². The zero-order valence-electron chi connectivity index (χ0n) is 16.4. The summed E-state index contributed by atoms with van der Waals surface area (Å²) in [5.41, 5.74) is 1.29. The molecule has 0 bridgehead atoms. The van der Waals surface area contributed by atoms with E-state index in [4.69, 9.17) is 4.74 Å². The van der Waals surface area contributed by atoms with E-state index < -0.39 is 0 Å². The van der Waals surface area contributed by atoms with Crippen molar-refractivity contribution in [3.8, 4) is 5.75 Å². The molecule has 0 saturated carbocycles. The van der Waals surface area contributed by atoms with Gasteiger partial charge in [-0.05, 0) is 32.9 Å². The summed E-state index contributed by atoms with van der Waals surface area (Å²) in [6, 6.07) is 8.05. The molecule has 1 N–H and O–H groups in total. The van der Waals surface area contributed by atoms with E-state index in [0.717, 1.165) is 37.6 Å². The van der Waals surface area contributed by atoms with Crippen molar-refractivity contribution in [1.29, 1.82) is 0 Å². The van der Waals surface area contributed by atoms with Gasteiger partial charge in [-0.1, -0.05) is 12.1 Å². The fourth-order valence-electron chi connectivity index (χ4n) is 3.05. The van der Waals surface area contributed by atoms with Crippen molar-refractivity contribution < 1.29 is 9.53 Å². The average Bonchev–Trinajstić information content (AvgIpc) is 2.67. The molecule has 1 aliphatic heterocycles. The van der Waals surface area contributed by atoms with E-state index in [9.17, 15) is 4.79 Å². The highest BCUT2D eigenvalue weighted by atomic mass is 16.5. The standard InChI is InChI=1S/C20H27N5O2/c1-20(2,3)23-18(26)15-13-21-19(22-14-15)25-11-9-24(10-12-25)16-7-5-6-8-17(16)27-4/h5-8,13-14H,9-12H2,1-4H3,(H,23,26). The minimum atomic E-state index is -0.287. The summed E-state index contributed by atoms with van der Waals surface area (Å²) in [7, 11) is 1.69. The monoisotopic (exact) mass is 369 g/mol. The second-order valence-corrected chi connectivity index (χ2v) is 7.62. The molecule has 1 saturated heterocycles. The first-order valence-corrected chi connectivity index (χ1v) is 9.15. The van der Waals surface area contributed by atoms with Crippen molar-refractivity contribution in [2.45, 2.75) is 26.3 Å². The molecule has 0 spiro atoms. The van der Waals surface area contributed by atoms with Gasteiger partial charge in [-0.3, -0.25) is 4.79 Å². The van der Waals surface area contributed by atoms with E-state index in [0.29, 0.717) is 11.5 Å². The van der Waals surface area contributed by atoms with Crippen molar-refractivity contribution in [1.82, 2.24) is 15.3 Å². The highest BCUT2D eigenvalue weighted by Gasteiger charge is 2.22. The van der Waals surface area contributed by atoms with E-state index in [1.54, 1.807) is 19.5 Å². The van der Waals surface area contributed by atoms with Crippen LogP contribution in [0.1, 0.15) is 31.1 Å².